The monoisotopic (exact) mass is 267 g/mol. The van der Waals surface area contributed by atoms with Crippen molar-refractivity contribution in [1.29, 1.82) is 0 Å². The van der Waals surface area contributed by atoms with Crippen molar-refractivity contribution in [2.45, 2.75) is 18.9 Å². The Labute approximate surface area is 109 Å². The summed E-state index contributed by atoms with van der Waals surface area (Å²) in [5.74, 6) is 0. The van der Waals surface area contributed by atoms with Gasteiger partial charge in [0.15, 0.2) is 0 Å². The van der Waals surface area contributed by atoms with E-state index in [1.807, 2.05) is 23.9 Å². The maximum absolute atomic E-state index is 5.96. The molecule has 0 amide bonds. The first-order chi connectivity index (χ1) is 8.24. The number of rotatable bonds is 2. The van der Waals surface area contributed by atoms with E-state index in [9.17, 15) is 0 Å². The standard InChI is InChI=1S/C12H14ClN3S/c1-16-10(8-3-2-6-14-8)7-9(15-16)11-4-5-12(13)17-11/h4-5,7-8,14H,2-3,6H2,1H3. The number of thiophene rings is 1. The van der Waals surface area contributed by atoms with Crippen molar-refractivity contribution in [2.24, 2.45) is 7.05 Å². The van der Waals surface area contributed by atoms with Gasteiger partial charge in [-0.25, -0.2) is 0 Å². The molecule has 90 valence electrons. The molecule has 3 nitrogen and oxygen atoms in total. The Hall–Kier alpha value is -0.840. The van der Waals surface area contributed by atoms with Crippen molar-refractivity contribution < 1.29 is 0 Å². The van der Waals surface area contributed by atoms with E-state index in [1.165, 1.54) is 18.5 Å². The van der Waals surface area contributed by atoms with Crippen LogP contribution in [0.25, 0.3) is 10.6 Å². The number of aryl methyl sites for hydroxylation is 1. The molecule has 0 spiro atoms. The van der Waals surface area contributed by atoms with Crippen molar-refractivity contribution in [2.75, 3.05) is 6.54 Å². The van der Waals surface area contributed by atoms with Crippen LogP contribution >= 0.6 is 22.9 Å². The molecular weight excluding hydrogens is 254 g/mol. The molecule has 0 saturated carbocycles. The molecule has 0 bridgehead atoms. The summed E-state index contributed by atoms with van der Waals surface area (Å²) in [7, 11) is 2.01. The highest BCUT2D eigenvalue weighted by molar-refractivity contribution is 7.19. The Morgan fingerprint density at radius 3 is 3.06 bits per heavy atom. The van der Waals surface area contributed by atoms with Crippen LogP contribution in [-0.4, -0.2) is 16.3 Å². The van der Waals surface area contributed by atoms with Crippen LogP contribution in [-0.2, 0) is 7.05 Å². The smallest absolute Gasteiger partial charge is 0.103 e. The van der Waals surface area contributed by atoms with Crippen LogP contribution in [0.5, 0.6) is 0 Å². The number of nitrogens with zero attached hydrogens (tertiary/aromatic N) is 2. The Morgan fingerprint density at radius 1 is 1.53 bits per heavy atom. The number of hydrogen-bond donors (Lipinski definition) is 1. The fourth-order valence-corrected chi connectivity index (χ4v) is 3.32. The summed E-state index contributed by atoms with van der Waals surface area (Å²) in [6, 6.07) is 6.58. The number of nitrogens with one attached hydrogen (secondary N) is 1. The number of halogens is 1. The second-order valence-electron chi connectivity index (χ2n) is 4.33. The van der Waals surface area contributed by atoms with E-state index in [-0.39, 0.29) is 0 Å². The summed E-state index contributed by atoms with van der Waals surface area (Å²) in [5, 5.41) is 8.07. The predicted octanol–water partition coefficient (Wildman–Crippen LogP) is 3.23. The average molecular weight is 268 g/mol. The van der Waals surface area contributed by atoms with E-state index in [4.69, 9.17) is 11.6 Å². The molecule has 1 unspecified atom stereocenters. The van der Waals surface area contributed by atoms with Gasteiger partial charge < -0.3 is 5.32 Å². The van der Waals surface area contributed by atoms with Gasteiger partial charge >= 0.3 is 0 Å². The van der Waals surface area contributed by atoms with Crippen molar-refractivity contribution in [3.63, 3.8) is 0 Å². The van der Waals surface area contributed by atoms with Gasteiger partial charge in [-0.3, -0.25) is 4.68 Å². The molecular formula is C12H14ClN3S. The molecule has 5 heteroatoms. The summed E-state index contributed by atoms with van der Waals surface area (Å²) in [6.07, 6.45) is 2.44. The first-order valence-corrected chi connectivity index (χ1v) is 6.96. The second kappa shape index (κ2) is 4.44. The lowest BCUT2D eigenvalue weighted by Crippen LogP contribution is -2.16. The van der Waals surface area contributed by atoms with E-state index < -0.39 is 0 Å². The molecule has 1 aliphatic heterocycles. The fraction of sp³-hybridized carbons (Fsp3) is 0.417. The molecule has 1 fully saturated rings. The minimum Gasteiger partial charge on any atom is -0.309 e. The lowest BCUT2D eigenvalue weighted by molar-refractivity contribution is 0.575. The van der Waals surface area contributed by atoms with Crippen LogP contribution in [0.1, 0.15) is 24.6 Å². The minimum absolute atomic E-state index is 0.455. The number of aromatic nitrogens is 2. The molecule has 1 N–H and O–H groups in total. The van der Waals surface area contributed by atoms with E-state index >= 15 is 0 Å². The highest BCUT2D eigenvalue weighted by Gasteiger charge is 2.20. The molecule has 17 heavy (non-hydrogen) atoms. The Morgan fingerprint density at radius 2 is 2.41 bits per heavy atom. The van der Waals surface area contributed by atoms with E-state index in [0.717, 1.165) is 21.5 Å². The largest absolute Gasteiger partial charge is 0.309 e. The maximum Gasteiger partial charge on any atom is 0.103 e. The third kappa shape index (κ3) is 2.12. The lowest BCUT2D eigenvalue weighted by atomic mass is 10.1. The first-order valence-electron chi connectivity index (χ1n) is 5.77. The summed E-state index contributed by atoms with van der Waals surface area (Å²) in [6.45, 7) is 1.11. The molecule has 3 rings (SSSR count). The summed E-state index contributed by atoms with van der Waals surface area (Å²) >= 11 is 7.53. The Balaban J connectivity index is 1.94. The summed E-state index contributed by atoms with van der Waals surface area (Å²) in [4.78, 5) is 1.13. The van der Waals surface area contributed by atoms with Gasteiger partial charge in [0, 0.05) is 13.1 Å². The molecule has 1 saturated heterocycles. The topological polar surface area (TPSA) is 29.9 Å². The Bertz CT molecular complexity index is 526. The SMILES string of the molecule is Cn1nc(-c2ccc(Cl)s2)cc1C1CCCN1. The second-order valence-corrected chi connectivity index (χ2v) is 6.05. The minimum atomic E-state index is 0.455. The zero-order valence-electron chi connectivity index (χ0n) is 9.61. The van der Waals surface area contributed by atoms with Gasteiger partial charge in [-0.15, -0.1) is 11.3 Å². The van der Waals surface area contributed by atoms with E-state index in [0.29, 0.717) is 6.04 Å². The number of hydrogen-bond acceptors (Lipinski definition) is 3. The van der Waals surface area contributed by atoms with Gasteiger partial charge in [0.1, 0.15) is 5.69 Å². The molecule has 0 radical (unpaired) electrons. The van der Waals surface area contributed by atoms with E-state index in [1.54, 1.807) is 11.3 Å². The summed E-state index contributed by atoms with van der Waals surface area (Å²) in [5.41, 5.74) is 2.29. The van der Waals surface area contributed by atoms with Crippen LogP contribution in [0.4, 0.5) is 0 Å². The first kappa shape index (κ1) is 11.3. The molecule has 3 heterocycles. The van der Waals surface area contributed by atoms with Crippen molar-refractivity contribution in [1.82, 2.24) is 15.1 Å². The van der Waals surface area contributed by atoms with Crippen molar-refractivity contribution in [3.8, 4) is 10.6 Å². The molecule has 1 atom stereocenters. The third-order valence-electron chi connectivity index (χ3n) is 3.16. The molecule has 2 aromatic rings. The quantitative estimate of drug-likeness (QED) is 0.905. The average Bonchev–Trinajstić information content (AvgIpc) is 2.96. The molecule has 0 aromatic carbocycles. The van der Waals surface area contributed by atoms with Crippen LogP contribution in [0.3, 0.4) is 0 Å². The van der Waals surface area contributed by atoms with Gasteiger partial charge in [0.25, 0.3) is 0 Å². The highest BCUT2D eigenvalue weighted by atomic mass is 35.5. The Kier molecular flexibility index (Phi) is 2.94. The molecule has 1 aliphatic rings. The molecule has 0 aliphatic carbocycles. The third-order valence-corrected chi connectivity index (χ3v) is 4.41. The zero-order chi connectivity index (χ0) is 11.8. The predicted molar refractivity (Wildman–Crippen MR) is 71.5 cm³/mol. The highest BCUT2D eigenvalue weighted by Crippen LogP contribution is 2.32. The van der Waals surface area contributed by atoms with Gasteiger partial charge in [-0.05, 0) is 37.6 Å². The van der Waals surface area contributed by atoms with Crippen LogP contribution in [0.2, 0.25) is 4.34 Å². The van der Waals surface area contributed by atoms with E-state index in [2.05, 4.69) is 16.5 Å². The van der Waals surface area contributed by atoms with Gasteiger partial charge in [0.05, 0.1) is 14.9 Å². The lowest BCUT2D eigenvalue weighted by Gasteiger charge is -2.09. The van der Waals surface area contributed by atoms with Crippen molar-refractivity contribution >= 4 is 22.9 Å². The maximum atomic E-state index is 5.96. The summed E-state index contributed by atoms with van der Waals surface area (Å²) < 4.78 is 2.79. The van der Waals surface area contributed by atoms with Gasteiger partial charge in [-0.2, -0.15) is 5.10 Å². The molecule has 2 aromatic heterocycles. The normalized spacial score (nSPS) is 20.0. The van der Waals surface area contributed by atoms with Gasteiger partial charge in [-0.1, -0.05) is 11.6 Å². The zero-order valence-corrected chi connectivity index (χ0v) is 11.2. The van der Waals surface area contributed by atoms with Crippen molar-refractivity contribution in [3.05, 3.63) is 28.2 Å². The van der Waals surface area contributed by atoms with Gasteiger partial charge in [0.2, 0.25) is 0 Å². The van der Waals surface area contributed by atoms with Crippen LogP contribution < -0.4 is 5.32 Å². The van der Waals surface area contributed by atoms with Crippen LogP contribution in [0.15, 0.2) is 18.2 Å². The fourth-order valence-electron chi connectivity index (χ4n) is 2.32. The van der Waals surface area contributed by atoms with Crippen LogP contribution in [0, 0.1) is 0 Å².